The molecule has 1 aliphatic heterocycles. The summed E-state index contributed by atoms with van der Waals surface area (Å²) in [7, 11) is 1.53. The number of carbonyl (C=O) groups is 2. The standard InChI is InChI=1S/C19H29N3O4/c1-19(2,3)26-18(24)21-12-13-8-10-22(11-9-13)17(23)14-6-5-7-15(25-4)16(14)20/h5-7,13H,8-12,20H2,1-4H3,(H,21,24). The fourth-order valence-corrected chi connectivity index (χ4v) is 2.96. The van der Waals surface area contributed by atoms with E-state index in [1.807, 2.05) is 20.8 Å². The molecular weight excluding hydrogens is 334 g/mol. The number of nitrogen functional groups attached to an aromatic ring is 1. The topological polar surface area (TPSA) is 93.9 Å². The largest absolute Gasteiger partial charge is 0.495 e. The Hall–Kier alpha value is -2.44. The molecule has 7 nitrogen and oxygen atoms in total. The molecule has 2 amide bonds. The van der Waals surface area contributed by atoms with E-state index >= 15 is 0 Å². The fraction of sp³-hybridized carbons (Fsp3) is 0.579. The second-order valence-electron chi connectivity index (χ2n) is 7.54. The van der Waals surface area contributed by atoms with Crippen molar-refractivity contribution in [1.82, 2.24) is 10.2 Å². The van der Waals surface area contributed by atoms with Crippen molar-refractivity contribution in [3.63, 3.8) is 0 Å². The van der Waals surface area contributed by atoms with Gasteiger partial charge in [-0.2, -0.15) is 0 Å². The number of nitrogens with zero attached hydrogens (tertiary/aromatic N) is 1. The average molecular weight is 363 g/mol. The molecule has 2 rings (SSSR count). The summed E-state index contributed by atoms with van der Waals surface area (Å²) in [5.74, 6) is 0.751. The normalized spacial score (nSPS) is 15.5. The van der Waals surface area contributed by atoms with E-state index in [1.165, 1.54) is 7.11 Å². The molecule has 0 unspecified atom stereocenters. The molecule has 1 fully saturated rings. The molecule has 0 aromatic heterocycles. The number of benzene rings is 1. The highest BCUT2D eigenvalue weighted by atomic mass is 16.6. The van der Waals surface area contributed by atoms with Crippen LogP contribution < -0.4 is 15.8 Å². The summed E-state index contributed by atoms with van der Waals surface area (Å²) in [6.07, 6.45) is 1.25. The minimum absolute atomic E-state index is 0.0834. The smallest absolute Gasteiger partial charge is 0.407 e. The second-order valence-corrected chi connectivity index (χ2v) is 7.54. The zero-order chi connectivity index (χ0) is 19.3. The second kappa shape index (κ2) is 8.29. The maximum Gasteiger partial charge on any atom is 0.407 e. The maximum atomic E-state index is 12.7. The van der Waals surface area contributed by atoms with E-state index < -0.39 is 11.7 Å². The minimum Gasteiger partial charge on any atom is -0.495 e. The van der Waals surface area contributed by atoms with E-state index in [0.717, 1.165) is 12.8 Å². The van der Waals surface area contributed by atoms with E-state index in [4.69, 9.17) is 15.2 Å². The van der Waals surface area contributed by atoms with Crippen molar-refractivity contribution in [2.24, 2.45) is 5.92 Å². The van der Waals surface area contributed by atoms with Gasteiger partial charge in [0.15, 0.2) is 0 Å². The summed E-state index contributed by atoms with van der Waals surface area (Å²) < 4.78 is 10.4. The number of piperidine rings is 1. The molecule has 26 heavy (non-hydrogen) atoms. The van der Waals surface area contributed by atoms with E-state index in [-0.39, 0.29) is 5.91 Å². The van der Waals surface area contributed by atoms with Crippen LogP contribution in [0.5, 0.6) is 5.75 Å². The van der Waals surface area contributed by atoms with E-state index in [1.54, 1.807) is 23.1 Å². The van der Waals surface area contributed by atoms with Gasteiger partial charge in [0.2, 0.25) is 0 Å². The van der Waals surface area contributed by atoms with Crippen molar-refractivity contribution < 1.29 is 19.1 Å². The van der Waals surface area contributed by atoms with Crippen LogP contribution in [0.25, 0.3) is 0 Å². The van der Waals surface area contributed by atoms with Gasteiger partial charge in [0.1, 0.15) is 11.4 Å². The zero-order valence-corrected chi connectivity index (χ0v) is 16.0. The predicted molar refractivity (Wildman–Crippen MR) is 100 cm³/mol. The van der Waals surface area contributed by atoms with Crippen molar-refractivity contribution in [1.29, 1.82) is 0 Å². The molecule has 7 heteroatoms. The molecule has 0 saturated carbocycles. The highest BCUT2D eigenvalue weighted by Gasteiger charge is 2.26. The third kappa shape index (κ3) is 5.28. The number of amides is 2. The van der Waals surface area contributed by atoms with Crippen LogP contribution in [0, 0.1) is 5.92 Å². The van der Waals surface area contributed by atoms with Crippen LogP contribution in [0.15, 0.2) is 18.2 Å². The number of nitrogens with two attached hydrogens (primary N) is 1. The van der Waals surface area contributed by atoms with E-state index in [9.17, 15) is 9.59 Å². The Morgan fingerprint density at radius 1 is 1.27 bits per heavy atom. The molecule has 144 valence electrons. The van der Waals surface area contributed by atoms with Gasteiger partial charge in [-0.1, -0.05) is 6.07 Å². The van der Waals surface area contributed by atoms with Crippen molar-refractivity contribution in [2.75, 3.05) is 32.5 Å². The summed E-state index contributed by atoms with van der Waals surface area (Å²) in [4.78, 5) is 26.3. The summed E-state index contributed by atoms with van der Waals surface area (Å²) in [6, 6.07) is 5.22. The van der Waals surface area contributed by atoms with E-state index in [0.29, 0.717) is 42.6 Å². The van der Waals surface area contributed by atoms with Crippen molar-refractivity contribution in [2.45, 2.75) is 39.2 Å². The lowest BCUT2D eigenvalue weighted by atomic mass is 9.96. The van der Waals surface area contributed by atoms with Gasteiger partial charge in [-0.05, 0) is 51.7 Å². The predicted octanol–water partition coefficient (Wildman–Crippen LogP) is 2.65. The Kier molecular flexibility index (Phi) is 6.34. The number of hydrogen-bond acceptors (Lipinski definition) is 5. The van der Waals surface area contributed by atoms with Gasteiger partial charge in [0, 0.05) is 19.6 Å². The molecule has 1 aromatic carbocycles. The Morgan fingerprint density at radius 3 is 2.50 bits per heavy atom. The number of nitrogens with one attached hydrogen (secondary N) is 1. The first kappa shape index (κ1) is 19.9. The number of ether oxygens (including phenoxy) is 2. The summed E-state index contributed by atoms with van der Waals surface area (Å²) in [5.41, 5.74) is 6.36. The van der Waals surface area contributed by atoms with Crippen LogP contribution in [0.1, 0.15) is 44.0 Å². The van der Waals surface area contributed by atoms with E-state index in [2.05, 4.69) is 5.32 Å². The lowest BCUT2D eigenvalue weighted by molar-refractivity contribution is 0.0500. The number of alkyl carbamates (subject to hydrolysis) is 1. The van der Waals surface area contributed by atoms with Crippen LogP contribution in [0.2, 0.25) is 0 Å². The molecule has 0 aliphatic carbocycles. The SMILES string of the molecule is COc1cccc(C(=O)N2CCC(CNC(=O)OC(C)(C)C)CC2)c1N. The van der Waals surface area contributed by atoms with Gasteiger partial charge >= 0.3 is 6.09 Å². The molecular formula is C19H29N3O4. The highest BCUT2D eigenvalue weighted by Crippen LogP contribution is 2.27. The van der Waals surface area contributed by atoms with Gasteiger partial charge in [-0.25, -0.2) is 4.79 Å². The van der Waals surface area contributed by atoms with Crippen molar-refractivity contribution in [3.05, 3.63) is 23.8 Å². The number of likely N-dealkylation sites (tertiary alicyclic amines) is 1. The van der Waals surface area contributed by atoms with Crippen LogP contribution in [-0.2, 0) is 4.74 Å². The van der Waals surface area contributed by atoms with Crippen LogP contribution >= 0.6 is 0 Å². The molecule has 1 aromatic rings. The third-order valence-electron chi connectivity index (χ3n) is 4.35. The van der Waals surface area contributed by atoms with Gasteiger partial charge in [-0.15, -0.1) is 0 Å². The van der Waals surface area contributed by atoms with Gasteiger partial charge in [0.25, 0.3) is 5.91 Å². The Balaban J connectivity index is 1.85. The Morgan fingerprint density at radius 2 is 1.92 bits per heavy atom. The highest BCUT2D eigenvalue weighted by molar-refractivity contribution is 6.00. The Bertz CT molecular complexity index is 647. The molecule has 1 saturated heterocycles. The van der Waals surface area contributed by atoms with Gasteiger partial charge in [0.05, 0.1) is 18.4 Å². The first-order valence-electron chi connectivity index (χ1n) is 8.90. The first-order chi connectivity index (χ1) is 12.2. The summed E-state index contributed by atoms with van der Waals surface area (Å²) in [5, 5.41) is 2.81. The Labute approximate surface area is 154 Å². The fourth-order valence-electron chi connectivity index (χ4n) is 2.96. The van der Waals surface area contributed by atoms with Crippen molar-refractivity contribution >= 4 is 17.7 Å². The molecule has 0 bridgehead atoms. The third-order valence-corrected chi connectivity index (χ3v) is 4.35. The molecule has 0 spiro atoms. The monoisotopic (exact) mass is 363 g/mol. The quantitative estimate of drug-likeness (QED) is 0.802. The number of anilines is 1. The number of para-hydroxylation sites is 1. The first-order valence-corrected chi connectivity index (χ1v) is 8.90. The van der Waals surface area contributed by atoms with Crippen molar-refractivity contribution in [3.8, 4) is 5.75 Å². The number of methoxy groups -OCH3 is 1. The van der Waals surface area contributed by atoms with Gasteiger partial charge < -0.3 is 25.4 Å². The van der Waals surface area contributed by atoms with Crippen LogP contribution in [-0.4, -0.2) is 49.2 Å². The lowest BCUT2D eigenvalue weighted by Crippen LogP contribution is -2.42. The summed E-state index contributed by atoms with van der Waals surface area (Å²) >= 11 is 0. The average Bonchev–Trinajstić information content (AvgIpc) is 2.58. The molecule has 3 N–H and O–H groups in total. The molecule has 0 atom stereocenters. The molecule has 0 radical (unpaired) electrons. The number of hydrogen-bond donors (Lipinski definition) is 2. The van der Waals surface area contributed by atoms with Gasteiger partial charge in [-0.3, -0.25) is 4.79 Å². The molecule has 1 aliphatic rings. The van der Waals surface area contributed by atoms with Crippen LogP contribution in [0.4, 0.5) is 10.5 Å². The minimum atomic E-state index is -0.503. The van der Waals surface area contributed by atoms with Crippen LogP contribution in [0.3, 0.4) is 0 Å². The zero-order valence-electron chi connectivity index (χ0n) is 16.0. The maximum absolute atomic E-state index is 12.7. The summed E-state index contributed by atoms with van der Waals surface area (Å²) in [6.45, 7) is 7.33. The number of carbonyl (C=O) groups excluding carboxylic acids is 2. The molecule has 1 heterocycles. The lowest BCUT2D eigenvalue weighted by Gasteiger charge is -2.32. The number of rotatable bonds is 4.